The van der Waals surface area contributed by atoms with Gasteiger partial charge in [0.1, 0.15) is 0 Å². The van der Waals surface area contributed by atoms with E-state index in [1.54, 1.807) is 12.1 Å². The van der Waals surface area contributed by atoms with Crippen molar-refractivity contribution in [2.45, 2.75) is 11.4 Å². The number of carbonyl (C=O) groups is 1. The summed E-state index contributed by atoms with van der Waals surface area (Å²) in [6, 6.07) is 4.81. The van der Waals surface area contributed by atoms with Gasteiger partial charge in [0.05, 0.1) is 0 Å². The molecule has 0 aliphatic heterocycles. The van der Waals surface area contributed by atoms with E-state index in [4.69, 9.17) is 10.9 Å². The van der Waals surface area contributed by atoms with Crippen LogP contribution in [0.4, 0.5) is 5.69 Å². The molecule has 0 aliphatic carbocycles. The number of aliphatic hydroxyl groups excluding tert-OH is 1. The Morgan fingerprint density at radius 2 is 2.27 bits per heavy atom. The standard InChI is InChI=1S/C9H11BrN2O3/c10-4-5-3-6(12-11)1-2-7(5)8(13)9(14)15/h1-3,8,12-13H,4,11H2,(H,14,15). The minimum absolute atomic E-state index is 0.360. The number of carboxylic acid groups (broad SMARTS) is 1. The van der Waals surface area contributed by atoms with Crippen molar-refractivity contribution >= 4 is 27.6 Å². The predicted octanol–water partition coefficient (Wildman–Crippen LogP) is 0.985. The fourth-order valence-electron chi connectivity index (χ4n) is 1.21. The van der Waals surface area contributed by atoms with Crippen molar-refractivity contribution < 1.29 is 15.0 Å². The second kappa shape index (κ2) is 5.11. The Morgan fingerprint density at radius 3 is 2.73 bits per heavy atom. The fourth-order valence-corrected chi connectivity index (χ4v) is 1.70. The number of carboxylic acids is 1. The third-order valence-electron chi connectivity index (χ3n) is 1.98. The van der Waals surface area contributed by atoms with Crippen LogP contribution in [-0.4, -0.2) is 16.2 Å². The third-order valence-corrected chi connectivity index (χ3v) is 2.59. The maximum Gasteiger partial charge on any atom is 0.337 e. The molecular formula is C9H11BrN2O3. The molecule has 5 N–H and O–H groups in total. The lowest BCUT2D eigenvalue weighted by molar-refractivity contribution is -0.147. The van der Waals surface area contributed by atoms with E-state index in [-0.39, 0.29) is 0 Å². The molecule has 82 valence electrons. The third kappa shape index (κ3) is 2.68. The molecule has 0 saturated carbocycles. The van der Waals surface area contributed by atoms with Gasteiger partial charge in [-0.2, -0.15) is 0 Å². The van der Waals surface area contributed by atoms with Crippen molar-refractivity contribution in [1.82, 2.24) is 0 Å². The minimum Gasteiger partial charge on any atom is -0.479 e. The first-order valence-corrected chi connectivity index (χ1v) is 5.28. The van der Waals surface area contributed by atoms with Gasteiger partial charge in [-0.1, -0.05) is 22.0 Å². The van der Waals surface area contributed by atoms with Crippen LogP contribution in [0.15, 0.2) is 18.2 Å². The molecule has 0 bridgehead atoms. The molecule has 0 amide bonds. The van der Waals surface area contributed by atoms with Crippen molar-refractivity contribution in [1.29, 1.82) is 0 Å². The van der Waals surface area contributed by atoms with Gasteiger partial charge in [-0.3, -0.25) is 5.84 Å². The number of hydrazine groups is 1. The highest BCUT2D eigenvalue weighted by molar-refractivity contribution is 9.08. The summed E-state index contributed by atoms with van der Waals surface area (Å²) in [5.41, 5.74) is 4.15. The van der Waals surface area contributed by atoms with Gasteiger partial charge in [-0.05, 0) is 23.3 Å². The highest BCUT2D eigenvalue weighted by Gasteiger charge is 2.19. The van der Waals surface area contributed by atoms with Crippen LogP contribution >= 0.6 is 15.9 Å². The van der Waals surface area contributed by atoms with Gasteiger partial charge in [0.2, 0.25) is 0 Å². The number of alkyl halides is 1. The van der Waals surface area contributed by atoms with Crippen LogP contribution in [0.2, 0.25) is 0 Å². The van der Waals surface area contributed by atoms with Gasteiger partial charge in [-0.15, -0.1) is 0 Å². The Balaban J connectivity index is 3.12. The molecule has 0 spiro atoms. The van der Waals surface area contributed by atoms with Crippen LogP contribution in [-0.2, 0) is 10.1 Å². The molecule has 0 fully saturated rings. The molecule has 0 aliphatic rings. The van der Waals surface area contributed by atoms with Gasteiger partial charge in [0, 0.05) is 11.0 Å². The first-order chi connectivity index (χ1) is 7.10. The normalized spacial score (nSPS) is 12.2. The Morgan fingerprint density at radius 1 is 1.60 bits per heavy atom. The van der Waals surface area contributed by atoms with Crippen molar-refractivity contribution in [3.05, 3.63) is 29.3 Å². The maximum absolute atomic E-state index is 10.6. The van der Waals surface area contributed by atoms with Crippen LogP contribution in [0.3, 0.4) is 0 Å². The van der Waals surface area contributed by atoms with Crippen LogP contribution in [0.5, 0.6) is 0 Å². The smallest absolute Gasteiger partial charge is 0.337 e. The van der Waals surface area contributed by atoms with Gasteiger partial charge < -0.3 is 15.6 Å². The summed E-state index contributed by atoms with van der Waals surface area (Å²) in [6.07, 6.45) is -1.51. The summed E-state index contributed by atoms with van der Waals surface area (Å²) in [5, 5.41) is 18.5. The number of hydrogen-bond donors (Lipinski definition) is 4. The second-order valence-corrected chi connectivity index (χ2v) is 3.49. The lowest BCUT2D eigenvalue weighted by Gasteiger charge is -2.12. The molecule has 6 heteroatoms. The van der Waals surface area contributed by atoms with E-state index >= 15 is 0 Å². The van der Waals surface area contributed by atoms with Crippen molar-refractivity contribution in [2.24, 2.45) is 5.84 Å². The number of anilines is 1. The monoisotopic (exact) mass is 274 g/mol. The van der Waals surface area contributed by atoms with Gasteiger partial charge in [-0.25, -0.2) is 4.79 Å². The van der Waals surface area contributed by atoms with E-state index in [9.17, 15) is 9.90 Å². The lowest BCUT2D eigenvalue weighted by Crippen LogP contribution is -2.13. The van der Waals surface area contributed by atoms with Crippen LogP contribution < -0.4 is 11.3 Å². The zero-order chi connectivity index (χ0) is 11.4. The number of hydrogen-bond acceptors (Lipinski definition) is 4. The van der Waals surface area contributed by atoms with E-state index in [1.165, 1.54) is 6.07 Å². The number of nitrogen functional groups attached to an aromatic ring is 1. The number of halogens is 1. The quantitative estimate of drug-likeness (QED) is 0.373. The molecule has 15 heavy (non-hydrogen) atoms. The zero-order valence-electron chi connectivity index (χ0n) is 7.77. The van der Waals surface area contributed by atoms with Crippen LogP contribution in [0.1, 0.15) is 17.2 Å². The summed E-state index contributed by atoms with van der Waals surface area (Å²) < 4.78 is 0. The minimum atomic E-state index is -1.51. The van der Waals surface area contributed by atoms with Crippen molar-refractivity contribution in [3.8, 4) is 0 Å². The molecule has 0 radical (unpaired) electrons. The van der Waals surface area contributed by atoms with E-state index in [1.807, 2.05) is 0 Å². The molecule has 1 rings (SSSR count). The van der Waals surface area contributed by atoms with E-state index in [0.29, 0.717) is 22.1 Å². The van der Waals surface area contributed by atoms with Crippen molar-refractivity contribution in [2.75, 3.05) is 5.43 Å². The summed E-state index contributed by atoms with van der Waals surface area (Å²) in [4.78, 5) is 10.6. The van der Waals surface area contributed by atoms with E-state index in [2.05, 4.69) is 21.4 Å². The molecule has 1 aromatic carbocycles. The van der Waals surface area contributed by atoms with Crippen LogP contribution in [0.25, 0.3) is 0 Å². The number of aliphatic hydroxyl groups is 1. The average Bonchev–Trinajstić information content (AvgIpc) is 2.27. The topological polar surface area (TPSA) is 95.6 Å². The number of benzene rings is 1. The lowest BCUT2D eigenvalue weighted by atomic mass is 10.0. The molecule has 0 aromatic heterocycles. The van der Waals surface area contributed by atoms with Gasteiger partial charge in [0.25, 0.3) is 0 Å². The average molecular weight is 275 g/mol. The highest BCUT2D eigenvalue weighted by Crippen LogP contribution is 2.23. The maximum atomic E-state index is 10.6. The largest absolute Gasteiger partial charge is 0.479 e. The molecule has 0 heterocycles. The Kier molecular flexibility index (Phi) is 4.07. The Hall–Kier alpha value is -1.11. The van der Waals surface area contributed by atoms with E-state index in [0.717, 1.165) is 0 Å². The second-order valence-electron chi connectivity index (χ2n) is 2.93. The Bertz CT molecular complexity index is 370. The SMILES string of the molecule is NNc1ccc(C(O)C(=O)O)c(CBr)c1. The Labute approximate surface area is 95.0 Å². The summed E-state index contributed by atoms with van der Waals surface area (Å²) in [7, 11) is 0. The fraction of sp³-hybridized carbons (Fsp3) is 0.222. The van der Waals surface area contributed by atoms with Gasteiger partial charge >= 0.3 is 5.97 Å². The van der Waals surface area contributed by atoms with Gasteiger partial charge in [0.15, 0.2) is 6.10 Å². The zero-order valence-corrected chi connectivity index (χ0v) is 9.36. The molecular weight excluding hydrogens is 264 g/mol. The van der Waals surface area contributed by atoms with Crippen molar-refractivity contribution in [3.63, 3.8) is 0 Å². The number of aliphatic carboxylic acids is 1. The summed E-state index contributed by atoms with van der Waals surface area (Å²) in [6.45, 7) is 0. The number of nitrogens with two attached hydrogens (primary N) is 1. The highest BCUT2D eigenvalue weighted by atomic mass is 79.9. The number of nitrogens with one attached hydrogen (secondary N) is 1. The summed E-state index contributed by atoms with van der Waals surface area (Å²) >= 11 is 3.22. The molecule has 1 atom stereocenters. The molecule has 1 aromatic rings. The van der Waals surface area contributed by atoms with Crippen LogP contribution in [0, 0.1) is 0 Å². The predicted molar refractivity (Wildman–Crippen MR) is 59.5 cm³/mol. The molecule has 1 unspecified atom stereocenters. The molecule has 0 saturated heterocycles. The first kappa shape index (κ1) is 12.0. The summed E-state index contributed by atoms with van der Waals surface area (Å²) in [5.74, 6) is 3.94. The van der Waals surface area contributed by atoms with E-state index < -0.39 is 12.1 Å². The first-order valence-electron chi connectivity index (χ1n) is 4.16. The number of rotatable bonds is 4. The molecule has 5 nitrogen and oxygen atoms in total.